The minimum Gasteiger partial charge on any atom is -0.368 e. The lowest BCUT2D eigenvalue weighted by molar-refractivity contribution is -0.126. The molecular weight excluding hydrogens is 404 g/mol. The summed E-state index contributed by atoms with van der Waals surface area (Å²) in [4.78, 5) is 24.4. The van der Waals surface area contributed by atoms with Crippen molar-refractivity contribution in [2.45, 2.75) is 11.3 Å². The van der Waals surface area contributed by atoms with E-state index in [1.54, 1.807) is 24.3 Å². The van der Waals surface area contributed by atoms with Crippen LogP contribution in [0.4, 0.5) is 0 Å². The van der Waals surface area contributed by atoms with Crippen LogP contribution in [-0.2, 0) is 9.59 Å². The highest BCUT2D eigenvalue weighted by molar-refractivity contribution is 8.00. The number of hydrogen-bond donors (Lipinski definition) is 2. The van der Waals surface area contributed by atoms with Crippen molar-refractivity contribution >= 4 is 35.2 Å². The van der Waals surface area contributed by atoms with Crippen molar-refractivity contribution < 1.29 is 9.59 Å². The van der Waals surface area contributed by atoms with Crippen LogP contribution in [0.3, 0.4) is 0 Å². The SMILES string of the molecule is NC(=O)C(NC(=O)CSC(c1ccccc1)c1ccc(Cl)cc1)c1ccccc1. The number of thioether (sulfide) groups is 1. The second-order valence-electron chi connectivity index (χ2n) is 6.47. The summed E-state index contributed by atoms with van der Waals surface area (Å²) in [7, 11) is 0. The zero-order chi connectivity index (χ0) is 20.6. The van der Waals surface area contributed by atoms with Crippen LogP contribution in [0, 0.1) is 0 Å². The monoisotopic (exact) mass is 424 g/mol. The van der Waals surface area contributed by atoms with E-state index in [0.717, 1.165) is 11.1 Å². The molecule has 0 aromatic heterocycles. The lowest BCUT2D eigenvalue weighted by atomic mass is 10.0. The number of hydrogen-bond acceptors (Lipinski definition) is 3. The Morgan fingerprint density at radius 1 is 0.828 bits per heavy atom. The van der Waals surface area contributed by atoms with Crippen molar-refractivity contribution in [1.82, 2.24) is 5.32 Å². The van der Waals surface area contributed by atoms with Gasteiger partial charge < -0.3 is 11.1 Å². The predicted octanol–water partition coefficient (Wildman–Crippen LogP) is 4.51. The third-order valence-corrected chi connectivity index (χ3v) is 5.94. The van der Waals surface area contributed by atoms with E-state index in [9.17, 15) is 9.59 Å². The summed E-state index contributed by atoms with van der Waals surface area (Å²) in [5.74, 6) is -0.664. The highest BCUT2D eigenvalue weighted by Gasteiger charge is 2.22. The summed E-state index contributed by atoms with van der Waals surface area (Å²) in [5.41, 5.74) is 8.29. The van der Waals surface area contributed by atoms with Crippen LogP contribution in [-0.4, -0.2) is 17.6 Å². The van der Waals surface area contributed by atoms with Gasteiger partial charge >= 0.3 is 0 Å². The molecule has 0 saturated heterocycles. The van der Waals surface area contributed by atoms with Crippen molar-refractivity contribution in [3.8, 4) is 0 Å². The molecule has 0 bridgehead atoms. The molecule has 2 unspecified atom stereocenters. The molecule has 148 valence electrons. The van der Waals surface area contributed by atoms with Gasteiger partial charge in [0.25, 0.3) is 0 Å². The van der Waals surface area contributed by atoms with E-state index in [1.807, 2.05) is 60.7 Å². The fraction of sp³-hybridized carbons (Fsp3) is 0.130. The first-order valence-electron chi connectivity index (χ1n) is 9.10. The van der Waals surface area contributed by atoms with E-state index in [0.29, 0.717) is 10.6 Å². The Balaban J connectivity index is 1.72. The van der Waals surface area contributed by atoms with Gasteiger partial charge in [-0.25, -0.2) is 0 Å². The maximum atomic E-state index is 12.6. The molecule has 0 radical (unpaired) electrons. The normalized spacial score (nSPS) is 12.7. The van der Waals surface area contributed by atoms with Gasteiger partial charge in [-0.3, -0.25) is 9.59 Å². The Kier molecular flexibility index (Phi) is 7.33. The molecule has 0 aliphatic heterocycles. The first-order valence-corrected chi connectivity index (χ1v) is 10.5. The van der Waals surface area contributed by atoms with E-state index in [2.05, 4.69) is 5.32 Å². The lowest BCUT2D eigenvalue weighted by Gasteiger charge is -2.19. The summed E-state index contributed by atoms with van der Waals surface area (Å²) in [6, 6.07) is 25.7. The van der Waals surface area contributed by atoms with Crippen LogP contribution >= 0.6 is 23.4 Å². The number of amides is 2. The fourth-order valence-corrected chi connectivity index (χ4v) is 4.20. The molecular formula is C23H21ClN2O2S. The zero-order valence-electron chi connectivity index (χ0n) is 15.6. The Bertz CT molecular complexity index is 950. The number of primary amides is 1. The van der Waals surface area contributed by atoms with Gasteiger partial charge in [0.05, 0.1) is 11.0 Å². The number of rotatable bonds is 8. The van der Waals surface area contributed by atoms with E-state index < -0.39 is 11.9 Å². The van der Waals surface area contributed by atoms with Gasteiger partial charge in [-0.05, 0) is 28.8 Å². The summed E-state index contributed by atoms with van der Waals surface area (Å²) in [6.45, 7) is 0. The molecule has 2 amide bonds. The van der Waals surface area contributed by atoms with E-state index in [4.69, 9.17) is 17.3 Å². The average molecular weight is 425 g/mol. The fourth-order valence-electron chi connectivity index (χ4n) is 2.98. The molecule has 6 heteroatoms. The van der Waals surface area contributed by atoms with Crippen molar-refractivity contribution in [2.24, 2.45) is 5.73 Å². The number of carbonyl (C=O) groups excluding carboxylic acids is 2. The van der Waals surface area contributed by atoms with E-state index >= 15 is 0 Å². The number of halogens is 1. The summed E-state index contributed by atoms with van der Waals surface area (Å²) in [5, 5.41) is 3.37. The Labute approximate surface area is 179 Å². The van der Waals surface area contributed by atoms with E-state index in [-0.39, 0.29) is 16.9 Å². The largest absolute Gasteiger partial charge is 0.368 e. The zero-order valence-corrected chi connectivity index (χ0v) is 17.2. The Hall–Kier alpha value is -2.76. The Morgan fingerprint density at radius 3 is 1.90 bits per heavy atom. The highest BCUT2D eigenvalue weighted by Crippen LogP contribution is 2.36. The summed E-state index contributed by atoms with van der Waals surface area (Å²) in [6.07, 6.45) is 0. The van der Waals surface area contributed by atoms with Gasteiger partial charge in [-0.15, -0.1) is 11.8 Å². The molecule has 3 aromatic carbocycles. The van der Waals surface area contributed by atoms with Crippen LogP contribution in [0.1, 0.15) is 28.0 Å². The molecule has 3 aromatic rings. The van der Waals surface area contributed by atoms with Crippen LogP contribution in [0.15, 0.2) is 84.9 Å². The molecule has 0 saturated carbocycles. The number of benzene rings is 3. The molecule has 2 atom stereocenters. The first-order chi connectivity index (χ1) is 14.0. The van der Waals surface area contributed by atoms with Gasteiger partial charge in [0.1, 0.15) is 6.04 Å². The van der Waals surface area contributed by atoms with Gasteiger partial charge in [0.2, 0.25) is 11.8 Å². The highest BCUT2D eigenvalue weighted by atomic mass is 35.5. The lowest BCUT2D eigenvalue weighted by Crippen LogP contribution is -2.38. The predicted molar refractivity (Wildman–Crippen MR) is 119 cm³/mol. The average Bonchev–Trinajstić information content (AvgIpc) is 2.74. The first kappa shape index (κ1) is 21.0. The molecule has 0 fully saturated rings. The van der Waals surface area contributed by atoms with Gasteiger partial charge in [-0.1, -0.05) is 84.4 Å². The molecule has 29 heavy (non-hydrogen) atoms. The van der Waals surface area contributed by atoms with Crippen molar-refractivity contribution in [1.29, 1.82) is 0 Å². The van der Waals surface area contributed by atoms with Gasteiger partial charge in [0, 0.05) is 5.02 Å². The molecule has 3 rings (SSSR count). The minimum atomic E-state index is -0.852. The van der Waals surface area contributed by atoms with Crippen molar-refractivity contribution in [3.05, 3.63) is 107 Å². The molecule has 4 nitrogen and oxygen atoms in total. The van der Waals surface area contributed by atoms with Crippen molar-refractivity contribution in [2.75, 3.05) is 5.75 Å². The smallest absolute Gasteiger partial charge is 0.244 e. The number of nitrogens with two attached hydrogens (primary N) is 1. The second kappa shape index (κ2) is 10.1. The third kappa shape index (κ3) is 5.86. The van der Waals surface area contributed by atoms with Crippen LogP contribution in [0.2, 0.25) is 5.02 Å². The molecule has 0 spiro atoms. The van der Waals surface area contributed by atoms with Crippen LogP contribution in [0.5, 0.6) is 0 Å². The standard InChI is InChI=1S/C23H21ClN2O2S/c24-19-13-11-18(12-14-19)22(17-9-5-2-6-10-17)29-15-20(27)26-21(23(25)28)16-7-3-1-4-8-16/h1-14,21-22H,15H2,(H2,25,28)(H,26,27). The Morgan fingerprint density at radius 2 is 1.34 bits per heavy atom. The van der Waals surface area contributed by atoms with E-state index in [1.165, 1.54) is 11.8 Å². The van der Waals surface area contributed by atoms with Crippen molar-refractivity contribution in [3.63, 3.8) is 0 Å². The molecule has 0 aliphatic carbocycles. The van der Waals surface area contributed by atoms with Gasteiger partial charge in [-0.2, -0.15) is 0 Å². The number of nitrogens with one attached hydrogen (secondary N) is 1. The maximum absolute atomic E-state index is 12.6. The quantitative estimate of drug-likeness (QED) is 0.559. The molecule has 0 heterocycles. The topological polar surface area (TPSA) is 72.2 Å². The maximum Gasteiger partial charge on any atom is 0.244 e. The minimum absolute atomic E-state index is 0.0389. The second-order valence-corrected chi connectivity index (χ2v) is 8.00. The molecule has 3 N–H and O–H groups in total. The summed E-state index contributed by atoms with van der Waals surface area (Å²) >= 11 is 7.50. The third-order valence-electron chi connectivity index (χ3n) is 4.38. The molecule has 0 aliphatic rings. The summed E-state index contributed by atoms with van der Waals surface area (Å²) < 4.78 is 0. The van der Waals surface area contributed by atoms with Crippen LogP contribution < -0.4 is 11.1 Å². The van der Waals surface area contributed by atoms with Gasteiger partial charge in [0.15, 0.2) is 0 Å². The van der Waals surface area contributed by atoms with Crippen LogP contribution in [0.25, 0.3) is 0 Å². The number of carbonyl (C=O) groups is 2.